The summed E-state index contributed by atoms with van der Waals surface area (Å²) in [5.74, 6) is 1.73. The van der Waals surface area contributed by atoms with Gasteiger partial charge in [0.2, 0.25) is 0 Å². The fourth-order valence-corrected chi connectivity index (χ4v) is 2.26. The van der Waals surface area contributed by atoms with Gasteiger partial charge >= 0.3 is 0 Å². The molecule has 3 N–H and O–H groups in total. The third kappa shape index (κ3) is 2.18. The first kappa shape index (κ1) is 12.5. The minimum Gasteiger partial charge on any atom is -0.508 e. The number of aryl methyl sites for hydroxylation is 3. The van der Waals surface area contributed by atoms with Crippen LogP contribution in [0.15, 0.2) is 24.3 Å². The molecule has 3 aromatic rings. The molecule has 0 spiro atoms. The lowest BCUT2D eigenvalue weighted by atomic mass is 10.2. The van der Waals surface area contributed by atoms with E-state index in [1.165, 1.54) is 0 Å². The molecule has 3 rings (SSSR count). The molecular weight excluding hydrogens is 252 g/mol. The number of benzene rings is 1. The van der Waals surface area contributed by atoms with Crippen molar-refractivity contribution in [1.82, 2.24) is 15.0 Å². The molecule has 0 saturated heterocycles. The Labute approximate surface area is 116 Å². The van der Waals surface area contributed by atoms with E-state index in [-0.39, 0.29) is 5.75 Å². The van der Waals surface area contributed by atoms with Gasteiger partial charge in [-0.3, -0.25) is 0 Å². The van der Waals surface area contributed by atoms with E-state index >= 15 is 0 Å². The largest absolute Gasteiger partial charge is 0.508 e. The SMILES string of the molecule is Cc1nc(Nc2ccc(O)cc2C)c2cc(C)[nH]c2n1. The quantitative estimate of drug-likeness (QED) is 0.623. The molecule has 0 aliphatic heterocycles. The molecule has 0 unspecified atom stereocenters. The maximum absolute atomic E-state index is 9.46. The fourth-order valence-electron chi connectivity index (χ4n) is 2.26. The lowest BCUT2D eigenvalue weighted by Crippen LogP contribution is -1.99. The summed E-state index contributed by atoms with van der Waals surface area (Å²) in [7, 11) is 0. The minimum absolute atomic E-state index is 0.259. The molecule has 0 amide bonds. The van der Waals surface area contributed by atoms with Crippen LogP contribution in [0, 0.1) is 20.8 Å². The van der Waals surface area contributed by atoms with Crippen molar-refractivity contribution in [3.05, 3.63) is 41.3 Å². The zero-order valence-corrected chi connectivity index (χ0v) is 11.7. The standard InChI is InChI=1S/C15H16N4O/c1-8-6-11(20)4-5-13(8)19-15-12-7-9(2)16-14(12)17-10(3)18-15/h4-7,20H,1-3H3,(H2,16,17,18,19). The number of fused-ring (bicyclic) bond motifs is 1. The van der Waals surface area contributed by atoms with Gasteiger partial charge in [0.1, 0.15) is 23.0 Å². The van der Waals surface area contributed by atoms with Crippen molar-refractivity contribution in [2.75, 3.05) is 5.32 Å². The van der Waals surface area contributed by atoms with Crippen LogP contribution in [0.3, 0.4) is 0 Å². The molecule has 0 bridgehead atoms. The Bertz CT molecular complexity index is 792. The molecule has 0 saturated carbocycles. The summed E-state index contributed by atoms with van der Waals surface area (Å²) < 4.78 is 0. The monoisotopic (exact) mass is 268 g/mol. The lowest BCUT2D eigenvalue weighted by Gasteiger charge is -2.10. The van der Waals surface area contributed by atoms with Gasteiger partial charge in [-0.1, -0.05) is 0 Å². The Balaban J connectivity index is 2.10. The van der Waals surface area contributed by atoms with Gasteiger partial charge < -0.3 is 15.4 Å². The second kappa shape index (κ2) is 4.52. The maximum Gasteiger partial charge on any atom is 0.143 e. The Morgan fingerprint density at radius 1 is 1.10 bits per heavy atom. The van der Waals surface area contributed by atoms with E-state index in [1.807, 2.05) is 32.9 Å². The van der Waals surface area contributed by atoms with Crippen LogP contribution in [0.2, 0.25) is 0 Å². The van der Waals surface area contributed by atoms with Gasteiger partial charge in [0.25, 0.3) is 0 Å². The van der Waals surface area contributed by atoms with Gasteiger partial charge in [0.05, 0.1) is 5.39 Å². The van der Waals surface area contributed by atoms with Gasteiger partial charge in [-0.2, -0.15) is 0 Å². The highest BCUT2D eigenvalue weighted by Crippen LogP contribution is 2.27. The number of rotatable bonds is 2. The van der Waals surface area contributed by atoms with E-state index in [0.717, 1.165) is 33.8 Å². The van der Waals surface area contributed by atoms with Crippen molar-refractivity contribution in [3.63, 3.8) is 0 Å². The zero-order valence-electron chi connectivity index (χ0n) is 11.7. The summed E-state index contributed by atoms with van der Waals surface area (Å²) in [6, 6.07) is 7.24. The van der Waals surface area contributed by atoms with Gasteiger partial charge in [-0.25, -0.2) is 9.97 Å². The number of phenols is 1. The summed E-state index contributed by atoms with van der Waals surface area (Å²) in [5, 5.41) is 13.7. The van der Waals surface area contributed by atoms with Crippen molar-refractivity contribution in [3.8, 4) is 5.75 Å². The summed E-state index contributed by atoms with van der Waals surface area (Å²) >= 11 is 0. The van der Waals surface area contributed by atoms with Crippen molar-refractivity contribution in [2.45, 2.75) is 20.8 Å². The van der Waals surface area contributed by atoms with Gasteiger partial charge in [-0.05, 0) is 50.6 Å². The zero-order chi connectivity index (χ0) is 14.3. The van der Waals surface area contributed by atoms with Gasteiger partial charge in [0, 0.05) is 11.4 Å². The molecule has 5 nitrogen and oxygen atoms in total. The lowest BCUT2D eigenvalue weighted by molar-refractivity contribution is 0.475. The summed E-state index contributed by atoms with van der Waals surface area (Å²) in [6.07, 6.45) is 0. The molecule has 0 fully saturated rings. The van der Waals surface area contributed by atoms with E-state index in [9.17, 15) is 5.11 Å². The number of phenolic OH excluding ortho intramolecular Hbond substituents is 1. The van der Waals surface area contributed by atoms with E-state index < -0.39 is 0 Å². The van der Waals surface area contributed by atoms with E-state index in [2.05, 4.69) is 20.3 Å². The van der Waals surface area contributed by atoms with Crippen molar-refractivity contribution >= 4 is 22.5 Å². The molecule has 2 heterocycles. The average molecular weight is 268 g/mol. The first-order valence-corrected chi connectivity index (χ1v) is 6.43. The average Bonchev–Trinajstić information content (AvgIpc) is 2.73. The first-order chi connectivity index (χ1) is 9.52. The molecule has 102 valence electrons. The molecule has 0 aliphatic rings. The summed E-state index contributed by atoms with van der Waals surface area (Å²) in [4.78, 5) is 12.1. The van der Waals surface area contributed by atoms with E-state index in [0.29, 0.717) is 5.82 Å². The third-order valence-corrected chi connectivity index (χ3v) is 3.20. The third-order valence-electron chi connectivity index (χ3n) is 3.20. The van der Waals surface area contributed by atoms with Gasteiger partial charge in [-0.15, -0.1) is 0 Å². The highest BCUT2D eigenvalue weighted by atomic mass is 16.3. The molecule has 1 aromatic carbocycles. The van der Waals surface area contributed by atoms with Crippen LogP contribution in [0.5, 0.6) is 5.75 Å². The Kier molecular flexibility index (Phi) is 2.82. The van der Waals surface area contributed by atoms with E-state index in [1.54, 1.807) is 12.1 Å². The number of hydrogen-bond acceptors (Lipinski definition) is 4. The normalized spacial score (nSPS) is 10.9. The Morgan fingerprint density at radius 2 is 1.90 bits per heavy atom. The Hall–Kier alpha value is -2.56. The maximum atomic E-state index is 9.46. The van der Waals surface area contributed by atoms with Gasteiger partial charge in [0.15, 0.2) is 0 Å². The smallest absolute Gasteiger partial charge is 0.143 e. The van der Waals surface area contributed by atoms with Crippen LogP contribution < -0.4 is 5.32 Å². The predicted molar refractivity (Wildman–Crippen MR) is 79.5 cm³/mol. The fraction of sp³-hybridized carbons (Fsp3) is 0.200. The number of H-pyrrole nitrogens is 1. The number of hydrogen-bond donors (Lipinski definition) is 3. The highest BCUT2D eigenvalue weighted by Gasteiger charge is 2.09. The molecule has 0 radical (unpaired) electrons. The molecular formula is C15H16N4O. The number of aromatic amines is 1. The van der Waals surface area contributed by atoms with E-state index in [4.69, 9.17) is 0 Å². The van der Waals surface area contributed by atoms with Crippen LogP contribution in [0.4, 0.5) is 11.5 Å². The van der Waals surface area contributed by atoms with Crippen molar-refractivity contribution in [2.24, 2.45) is 0 Å². The van der Waals surface area contributed by atoms with Crippen LogP contribution in [0.1, 0.15) is 17.1 Å². The first-order valence-electron chi connectivity index (χ1n) is 6.43. The molecule has 20 heavy (non-hydrogen) atoms. The number of aromatic hydroxyl groups is 1. The van der Waals surface area contributed by atoms with Crippen molar-refractivity contribution < 1.29 is 5.11 Å². The highest BCUT2D eigenvalue weighted by molar-refractivity contribution is 5.90. The van der Waals surface area contributed by atoms with Crippen molar-refractivity contribution in [1.29, 1.82) is 0 Å². The predicted octanol–water partition coefficient (Wildman–Crippen LogP) is 3.33. The number of nitrogens with one attached hydrogen (secondary N) is 2. The van der Waals surface area contributed by atoms with Crippen LogP contribution in [-0.2, 0) is 0 Å². The summed E-state index contributed by atoms with van der Waals surface area (Å²) in [6.45, 7) is 5.80. The number of anilines is 2. The van der Waals surface area contributed by atoms with Crippen LogP contribution >= 0.6 is 0 Å². The molecule has 2 aromatic heterocycles. The summed E-state index contributed by atoms with van der Waals surface area (Å²) in [5.41, 5.74) is 3.75. The second-order valence-corrected chi connectivity index (χ2v) is 4.96. The van der Waals surface area contributed by atoms with Crippen LogP contribution in [-0.4, -0.2) is 20.1 Å². The minimum atomic E-state index is 0.259. The molecule has 0 atom stereocenters. The topological polar surface area (TPSA) is 73.8 Å². The second-order valence-electron chi connectivity index (χ2n) is 4.96. The molecule has 5 heteroatoms. The molecule has 0 aliphatic carbocycles. The number of nitrogens with zero attached hydrogens (tertiary/aromatic N) is 2. The number of aromatic nitrogens is 3. The Morgan fingerprint density at radius 3 is 2.65 bits per heavy atom. The van der Waals surface area contributed by atoms with Crippen LogP contribution in [0.25, 0.3) is 11.0 Å².